The van der Waals surface area contributed by atoms with E-state index >= 15 is 0 Å². The molecular formula is C11H20N2O3S2. The summed E-state index contributed by atoms with van der Waals surface area (Å²) in [6, 6.07) is 3.44. The molecule has 0 atom stereocenters. The van der Waals surface area contributed by atoms with Gasteiger partial charge in [0.1, 0.15) is 4.21 Å². The number of aliphatic hydroxyl groups is 1. The largest absolute Gasteiger partial charge is 0.396 e. The third kappa shape index (κ3) is 3.76. The Balaban J connectivity index is 2.88. The van der Waals surface area contributed by atoms with Gasteiger partial charge in [-0.1, -0.05) is 6.92 Å². The zero-order valence-electron chi connectivity index (χ0n) is 10.5. The van der Waals surface area contributed by atoms with Crippen molar-refractivity contribution in [2.45, 2.75) is 24.0 Å². The lowest BCUT2D eigenvalue weighted by Gasteiger charge is -2.18. The van der Waals surface area contributed by atoms with Crippen LogP contribution in [0.1, 0.15) is 18.2 Å². The molecule has 0 aromatic carbocycles. The molecule has 0 unspecified atom stereocenters. The van der Waals surface area contributed by atoms with Crippen molar-refractivity contribution in [1.82, 2.24) is 4.31 Å². The lowest BCUT2D eigenvalue weighted by molar-refractivity contribution is 0.271. The summed E-state index contributed by atoms with van der Waals surface area (Å²) in [5, 5.41) is 8.79. The Bertz CT molecular complexity index is 457. The normalized spacial score (nSPS) is 12.2. The molecule has 1 heterocycles. The average Bonchev–Trinajstić information content (AvgIpc) is 2.79. The molecule has 1 rings (SSSR count). The minimum Gasteiger partial charge on any atom is -0.396 e. The fraction of sp³-hybridized carbons (Fsp3) is 0.636. The Kier molecular flexibility index (Phi) is 6.24. The molecule has 0 radical (unpaired) electrons. The van der Waals surface area contributed by atoms with Crippen molar-refractivity contribution in [3.63, 3.8) is 0 Å². The number of nitrogens with two attached hydrogens (primary N) is 1. The maximum atomic E-state index is 12.3. The second-order valence-electron chi connectivity index (χ2n) is 3.83. The third-order valence-corrected chi connectivity index (χ3v) is 6.13. The Labute approximate surface area is 112 Å². The number of sulfonamides is 1. The van der Waals surface area contributed by atoms with Crippen LogP contribution in [0.25, 0.3) is 0 Å². The molecule has 0 fully saturated rings. The maximum absolute atomic E-state index is 12.3. The molecule has 0 saturated heterocycles. The molecule has 0 aliphatic rings. The number of aliphatic hydroxyl groups excluding tert-OH is 1. The number of hydrogen-bond acceptors (Lipinski definition) is 5. The minimum atomic E-state index is -3.42. The molecule has 0 aliphatic carbocycles. The summed E-state index contributed by atoms with van der Waals surface area (Å²) in [6.45, 7) is 3.06. The minimum absolute atomic E-state index is 0.00508. The van der Waals surface area contributed by atoms with Gasteiger partial charge < -0.3 is 10.8 Å². The SMILES string of the molecule is CCN(CCCO)S(=O)(=O)c1ccc(CCN)s1. The van der Waals surface area contributed by atoms with Crippen molar-refractivity contribution in [3.8, 4) is 0 Å². The summed E-state index contributed by atoms with van der Waals surface area (Å²) < 4.78 is 26.4. The van der Waals surface area contributed by atoms with Gasteiger partial charge in [-0.25, -0.2) is 8.42 Å². The van der Waals surface area contributed by atoms with E-state index in [-0.39, 0.29) is 6.61 Å². The summed E-state index contributed by atoms with van der Waals surface area (Å²) in [6.07, 6.45) is 1.15. The smallest absolute Gasteiger partial charge is 0.252 e. The van der Waals surface area contributed by atoms with Gasteiger partial charge in [-0.05, 0) is 31.5 Å². The number of rotatable bonds is 8. The van der Waals surface area contributed by atoms with Gasteiger partial charge in [0.05, 0.1) is 0 Å². The third-order valence-electron chi connectivity index (χ3n) is 2.54. The van der Waals surface area contributed by atoms with E-state index in [4.69, 9.17) is 10.8 Å². The van der Waals surface area contributed by atoms with Gasteiger partial charge in [0, 0.05) is 24.6 Å². The fourth-order valence-corrected chi connectivity index (χ4v) is 4.61. The molecule has 7 heteroatoms. The summed E-state index contributed by atoms with van der Waals surface area (Å²) in [4.78, 5) is 0.981. The second kappa shape index (κ2) is 7.20. The van der Waals surface area contributed by atoms with E-state index < -0.39 is 10.0 Å². The quantitative estimate of drug-likeness (QED) is 0.736. The van der Waals surface area contributed by atoms with Gasteiger partial charge in [0.15, 0.2) is 0 Å². The van der Waals surface area contributed by atoms with E-state index in [1.165, 1.54) is 15.6 Å². The molecular weight excluding hydrogens is 272 g/mol. The summed E-state index contributed by atoms with van der Waals surface area (Å²) in [7, 11) is -3.42. The van der Waals surface area contributed by atoms with E-state index in [0.29, 0.717) is 36.7 Å². The molecule has 18 heavy (non-hydrogen) atoms. The maximum Gasteiger partial charge on any atom is 0.252 e. The predicted molar refractivity (Wildman–Crippen MR) is 73.2 cm³/mol. The van der Waals surface area contributed by atoms with Gasteiger partial charge in [0.25, 0.3) is 10.0 Å². The van der Waals surface area contributed by atoms with Crippen LogP contribution in [0, 0.1) is 0 Å². The molecule has 5 nitrogen and oxygen atoms in total. The van der Waals surface area contributed by atoms with Gasteiger partial charge in [-0.3, -0.25) is 0 Å². The molecule has 0 aliphatic heterocycles. The zero-order chi connectivity index (χ0) is 13.6. The van der Waals surface area contributed by atoms with E-state index in [2.05, 4.69) is 0 Å². The summed E-state index contributed by atoms with van der Waals surface area (Å²) >= 11 is 1.27. The van der Waals surface area contributed by atoms with Crippen LogP contribution in [0.15, 0.2) is 16.3 Å². The first-order chi connectivity index (χ1) is 8.56. The highest BCUT2D eigenvalue weighted by Gasteiger charge is 2.24. The number of hydrogen-bond donors (Lipinski definition) is 2. The van der Waals surface area contributed by atoms with Crippen LogP contribution in [-0.4, -0.2) is 44.1 Å². The Morgan fingerprint density at radius 1 is 1.44 bits per heavy atom. The van der Waals surface area contributed by atoms with E-state index in [9.17, 15) is 8.42 Å². The summed E-state index contributed by atoms with van der Waals surface area (Å²) in [5.41, 5.74) is 5.45. The van der Waals surface area contributed by atoms with E-state index in [1.807, 2.05) is 6.07 Å². The highest BCUT2D eigenvalue weighted by atomic mass is 32.2. The molecule has 0 bridgehead atoms. The van der Waals surface area contributed by atoms with Gasteiger partial charge in [-0.15, -0.1) is 11.3 Å². The fourth-order valence-electron chi connectivity index (χ4n) is 1.60. The second-order valence-corrected chi connectivity index (χ2v) is 7.17. The standard InChI is InChI=1S/C11H20N2O3S2/c1-2-13(8-3-9-14)18(15,16)11-5-4-10(17-11)6-7-12/h4-5,14H,2-3,6-9,12H2,1H3. The van der Waals surface area contributed by atoms with Crippen LogP contribution in [0.2, 0.25) is 0 Å². The topological polar surface area (TPSA) is 83.6 Å². The highest BCUT2D eigenvalue weighted by molar-refractivity contribution is 7.91. The monoisotopic (exact) mass is 292 g/mol. The number of nitrogens with zero attached hydrogens (tertiary/aromatic N) is 1. The van der Waals surface area contributed by atoms with E-state index in [1.54, 1.807) is 13.0 Å². The highest BCUT2D eigenvalue weighted by Crippen LogP contribution is 2.25. The van der Waals surface area contributed by atoms with Crippen LogP contribution >= 0.6 is 11.3 Å². The van der Waals surface area contributed by atoms with Gasteiger partial charge in [-0.2, -0.15) is 4.31 Å². The lowest BCUT2D eigenvalue weighted by atomic mass is 10.3. The average molecular weight is 292 g/mol. The molecule has 1 aromatic rings. The Morgan fingerprint density at radius 3 is 2.72 bits per heavy atom. The van der Waals surface area contributed by atoms with Gasteiger partial charge in [0.2, 0.25) is 0 Å². The predicted octanol–water partition coefficient (Wildman–Crippen LogP) is 0.642. The molecule has 104 valence electrons. The first-order valence-corrected chi connectivity index (χ1v) is 8.21. The Morgan fingerprint density at radius 2 is 2.17 bits per heavy atom. The van der Waals surface area contributed by atoms with Crippen LogP contribution < -0.4 is 5.73 Å². The summed E-state index contributed by atoms with van der Waals surface area (Å²) in [5.74, 6) is 0. The van der Waals surface area contributed by atoms with Crippen LogP contribution in [0.3, 0.4) is 0 Å². The number of thiophene rings is 1. The molecule has 0 saturated carbocycles. The lowest BCUT2D eigenvalue weighted by Crippen LogP contribution is -2.31. The zero-order valence-corrected chi connectivity index (χ0v) is 12.1. The molecule has 0 amide bonds. The van der Waals surface area contributed by atoms with Crippen molar-refractivity contribution in [2.75, 3.05) is 26.2 Å². The molecule has 0 spiro atoms. The van der Waals surface area contributed by atoms with Crippen molar-refractivity contribution in [1.29, 1.82) is 0 Å². The first-order valence-electron chi connectivity index (χ1n) is 5.96. The van der Waals surface area contributed by atoms with Crippen LogP contribution in [0.4, 0.5) is 0 Å². The van der Waals surface area contributed by atoms with Crippen LogP contribution in [0.5, 0.6) is 0 Å². The molecule has 1 aromatic heterocycles. The van der Waals surface area contributed by atoms with Crippen molar-refractivity contribution in [2.24, 2.45) is 5.73 Å². The van der Waals surface area contributed by atoms with Gasteiger partial charge >= 0.3 is 0 Å². The molecule has 3 N–H and O–H groups in total. The van der Waals surface area contributed by atoms with Crippen LogP contribution in [-0.2, 0) is 16.4 Å². The van der Waals surface area contributed by atoms with E-state index in [0.717, 1.165) is 4.88 Å². The van der Waals surface area contributed by atoms with Crippen molar-refractivity contribution >= 4 is 21.4 Å². The van der Waals surface area contributed by atoms with Crippen molar-refractivity contribution in [3.05, 3.63) is 17.0 Å². The first kappa shape index (κ1) is 15.6. The Hall–Kier alpha value is -0.470. The van der Waals surface area contributed by atoms with Crippen molar-refractivity contribution < 1.29 is 13.5 Å².